The summed E-state index contributed by atoms with van der Waals surface area (Å²) in [4.78, 5) is 14.2. The van der Waals surface area contributed by atoms with Gasteiger partial charge in [-0.15, -0.1) is 0 Å². The van der Waals surface area contributed by atoms with Gasteiger partial charge in [0.05, 0.1) is 29.0 Å². The van der Waals surface area contributed by atoms with Crippen LogP contribution in [0.25, 0.3) is 0 Å². The molecule has 0 saturated carbocycles. The van der Waals surface area contributed by atoms with Crippen LogP contribution in [0.3, 0.4) is 0 Å². The molecule has 19 heavy (non-hydrogen) atoms. The van der Waals surface area contributed by atoms with Gasteiger partial charge in [-0.25, -0.2) is 0 Å². The first kappa shape index (κ1) is 14.6. The number of methoxy groups -OCH3 is 1. The maximum atomic E-state index is 12.4. The molecule has 0 bridgehead atoms. The molecular formula is C13H18BrNO4. The highest BCUT2D eigenvalue weighted by Gasteiger charge is 2.37. The molecule has 1 amide bonds. The Hall–Kier alpha value is -0.850. The minimum Gasteiger partial charge on any atom is -0.458 e. The molecule has 106 valence electrons. The quantitative estimate of drug-likeness (QED) is 0.852. The highest BCUT2D eigenvalue weighted by atomic mass is 79.9. The normalized spacial score (nSPS) is 22.5. The van der Waals surface area contributed by atoms with Crippen LogP contribution in [0.15, 0.2) is 21.2 Å². The molecular weight excluding hydrogens is 314 g/mol. The topological polar surface area (TPSA) is 51.9 Å². The second-order valence-corrected chi connectivity index (χ2v) is 6.09. The molecule has 0 N–H and O–H groups in total. The Morgan fingerprint density at radius 2 is 2.37 bits per heavy atom. The maximum Gasteiger partial charge on any atom is 0.290 e. The van der Waals surface area contributed by atoms with Crippen molar-refractivity contribution in [3.8, 4) is 0 Å². The van der Waals surface area contributed by atoms with Crippen LogP contribution < -0.4 is 0 Å². The van der Waals surface area contributed by atoms with E-state index < -0.39 is 5.60 Å². The van der Waals surface area contributed by atoms with Crippen molar-refractivity contribution in [1.82, 2.24) is 4.90 Å². The van der Waals surface area contributed by atoms with E-state index in [0.29, 0.717) is 29.9 Å². The summed E-state index contributed by atoms with van der Waals surface area (Å²) in [7, 11) is 1.63. The lowest BCUT2D eigenvalue weighted by molar-refractivity contribution is -0.143. The summed E-state index contributed by atoms with van der Waals surface area (Å²) in [5.41, 5.74) is -0.393. The van der Waals surface area contributed by atoms with Gasteiger partial charge in [0, 0.05) is 20.2 Å². The predicted molar refractivity (Wildman–Crippen MR) is 73.1 cm³/mol. The van der Waals surface area contributed by atoms with Crippen LogP contribution in [-0.4, -0.2) is 49.3 Å². The van der Waals surface area contributed by atoms with Gasteiger partial charge in [0.1, 0.15) is 0 Å². The summed E-state index contributed by atoms with van der Waals surface area (Å²) in [5.74, 6) is 0.197. The smallest absolute Gasteiger partial charge is 0.290 e. The zero-order valence-electron chi connectivity index (χ0n) is 11.3. The lowest BCUT2D eigenvalue weighted by Gasteiger charge is -2.42. The second kappa shape index (κ2) is 5.64. The van der Waals surface area contributed by atoms with E-state index >= 15 is 0 Å². The van der Waals surface area contributed by atoms with Crippen LogP contribution in [0.1, 0.15) is 24.4 Å². The Kier molecular flexibility index (Phi) is 4.32. The Morgan fingerprint density at radius 3 is 2.95 bits per heavy atom. The molecule has 1 saturated heterocycles. The van der Waals surface area contributed by atoms with E-state index in [0.717, 1.165) is 0 Å². The van der Waals surface area contributed by atoms with Crippen molar-refractivity contribution >= 4 is 21.8 Å². The van der Waals surface area contributed by atoms with Crippen LogP contribution in [0.5, 0.6) is 0 Å². The fourth-order valence-corrected chi connectivity index (χ4v) is 2.68. The lowest BCUT2D eigenvalue weighted by atomic mass is 10.0. The molecule has 1 aliphatic rings. The molecule has 2 rings (SSSR count). The molecule has 0 aliphatic carbocycles. The van der Waals surface area contributed by atoms with Crippen LogP contribution in [0, 0.1) is 0 Å². The summed E-state index contributed by atoms with van der Waals surface area (Å²) in [6, 6.07) is 1.71. The number of nitrogens with zero attached hydrogens (tertiary/aromatic N) is 1. The van der Waals surface area contributed by atoms with Crippen molar-refractivity contribution in [2.24, 2.45) is 0 Å². The van der Waals surface area contributed by atoms with Crippen LogP contribution in [0.4, 0.5) is 0 Å². The van der Waals surface area contributed by atoms with Gasteiger partial charge in [-0.1, -0.05) is 0 Å². The minimum atomic E-state index is -0.393. The van der Waals surface area contributed by atoms with E-state index in [1.807, 2.05) is 13.8 Å². The number of morpholine rings is 1. The SMILES string of the molecule is COC[C@@H]1CN(C(=O)c2occc2Br)CC(C)(C)O1. The van der Waals surface area contributed by atoms with Crippen LogP contribution in [0.2, 0.25) is 0 Å². The highest BCUT2D eigenvalue weighted by Crippen LogP contribution is 2.25. The van der Waals surface area contributed by atoms with Gasteiger partial charge in [-0.2, -0.15) is 0 Å². The zero-order chi connectivity index (χ0) is 14.0. The average molecular weight is 332 g/mol. The molecule has 1 aromatic rings. The van der Waals surface area contributed by atoms with Crippen LogP contribution in [-0.2, 0) is 9.47 Å². The Morgan fingerprint density at radius 1 is 1.63 bits per heavy atom. The van der Waals surface area contributed by atoms with Gasteiger partial charge in [0.2, 0.25) is 5.76 Å². The highest BCUT2D eigenvalue weighted by molar-refractivity contribution is 9.10. The number of hydrogen-bond acceptors (Lipinski definition) is 4. The fourth-order valence-electron chi connectivity index (χ4n) is 2.31. The zero-order valence-corrected chi connectivity index (χ0v) is 12.9. The molecule has 1 aromatic heterocycles. The largest absolute Gasteiger partial charge is 0.458 e. The number of furan rings is 1. The lowest BCUT2D eigenvalue weighted by Crippen LogP contribution is -2.55. The molecule has 2 heterocycles. The van der Waals surface area contributed by atoms with Crippen molar-refractivity contribution in [1.29, 1.82) is 0 Å². The van der Waals surface area contributed by atoms with Crippen molar-refractivity contribution in [3.63, 3.8) is 0 Å². The third-order valence-corrected chi connectivity index (χ3v) is 3.56. The van der Waals surface area contributed by atoms with E-state index in [4.69, 9.17) is 13.9 Å². The molecule has 6 heteroatoms. The first-order valence-electron chi connectivity index (χ1n) is 6.12. The monoisotopic (exact) mass is 331 g/mol. The Bertz CT molecular complexity index is 457. The minimum absolute atomic E-state index is 0.119. The number of amides is 1. The first-order valence-corrected chi connectivity index (χ1v) is 6.91. The van der Waals surface area contributed by atoms with Gasteiger partial charge in [0.25, 0.3) is 5.91 Å². The van der Waals surface area contributed by atoms with E-state index in [9.17, 15) is 4.79 Å². The van der Waals surface area contributed by atoms with Crippen LogP contribution >= 0.6 is 15.9 Å². The average Bonchev–Trinajstić information content (AvgIpc) is 2.73. The number of carbonyl (C=O) groups is 1. The van der Waals surface area contributed by atoms with Crippen molar-refractivity contribution in [2.75, 3.05) is 26.8 Å². The molecule has 5 nitrogen and oxygen atoms in total. The number of ether oxygens (including phenoxy) is 2. The Labute approximate surface area is 121 Å². The predicted octanol–water partition coefficient (Wildman–Crippen LogP) is 2.31. The van der Waals surface area contributed by atoms with Crippen molar-refractivity contribution in [3.05, 3.63) is 22.6 Å². The summed E-state index contributed by atoms with van der Waals surface area (Å²) in [6.07, 6.45) is 1.38. The third-order valence-electron chi connectivity index (χ3n) is 2.93. The molecule has 0 aromatic carbocycles. The third kappa shape index (κ3) is 3.38. The molecule has 1 aliphatic heterocycles. The fraction of sp³-hybridized carbons (Fsp3) is 0.615. The standard InChI is InChI=1S/C13H18BrNO4/c1-13(2)8-15(6-9(19-13)7-17-3)12(16)11-10(14)4-5-18-11/h4-5,9H,6-8H2,1-3H3/t9-/m0/s1. The molecule has 0 spiro atoms. The summed E-state index contributed by atoms with van der Waals surface area (Å²) >= 11 is 3.31. The number of hydrogen-bond donors (Lipinski definition) is 0. The van der Waals surface area contributed by atoms with E-state index in [1.165, 1.54) is 6.26 Å². The molecule has 1 atom stereocenters. The Balaban J connectivity index is 2.15. The number of rotatable bonds is 3. The van der Waals surface area contributed by atoms with Gasteiger partial charge in [-0.05, 0) is 35.8 Å². The van der Waals surface area contributed by atoms with E-state index in [1.54, 1.807) is 18.1 Å². The van der Waals surface area contributed by atoms with Gasteiger partial charge in [0.15, 0.2) is 0 Å². The maximum absolute atomic E-state index is 12.4. The van der Waals surface area contributed by atoms with Crippen molar-refractivity contribution < 1.29 is 18.7 Å². The van der Waals surface area contributed by atoms with Gasteiger partial charge < -0.3 is 18.8 Å². The number of halogens is 1. The van der Waals surface area contributed by atoms with E-state index in [2.05, 4.69) is 15.9 Å². The molecule has 0 radical (unpaired) electrons. The van der Waals surface area contributed by atoms with E-state index in [-0.39, 0.29) is 12.0 Å². The van der Waals surface area contributed by atoms with Crippen molar-refractivity contribution in [2.45, 2.75) is 25.6 Å². The number of carbonyl (C=O) groups excluding carboxylic acids is 1. The first-order chi connectivity index (χ1) is 8.93. The second-order valence-electron chi connectivity index (χ2n) is 5.24. The summed E-state index contributed by atoms with van der Waals surface area (Å²) in [6.45, 7) is 5.42. The van der Waals surface area contributed by atoms with Gasteiger partial charge in [-0.3, -0.25) is 4.79 Å². The van der Waals surface area contributed by atoms with Gasteiger partial charge >= 0.3 is 0 Å². The molecule has 0 unspecified atom stereocenters. The summed E-state index contributed by atoms with van der Waals surface area (Å²) < 4.78 is 16.9. The summed E-state index contributed by atoms with van der Waals surface area (Å²) in [5, 5.41) is 0. The molecule has 1 fully saturated rings.